The largest absolute Gasteiger partial charge is 0.479 e. The van der Waals surface area contributed by atoms with Crippen LogP contribution in [0.25, 0.3) is 0 Å². The minimum atomic E-state index is -2.02. The van der Waals surface area contributed by atoms with Gasteiger partial charge in [-0.25, -0.2) is 4.79 Å². The van der Waals surface area contributed by atoms with Crippen molar-refractivity contribution in [2.45, 2.75) is 44.8 Å². The molecule has 2 amide bonds. The molecule has 0 aromatic heterocycles. The summed E-state index contributed by atoms with van der Waals surface area (Å²) in [6.07, 6.45) is 2.27. The van der Waals surface area contributed by atoms with Gasteiger partial charge in [-0.2, -0.15) is 11.8 Å². The Bertz CT molecular complexity index is 500. The van der Waals surface area contributed by atoms with E-state index < -0.39 is 48.2 Å². The predicted molar refractivity (Wildman–Crippen MR) is 95.7 cm³/mol. The van der Waals surface area contributed by atoms with E-state index in [9.17, 15) is 24.3 Å². The summed E-state index contributed by atoms with van der Waals surface area (Å²) < 4.78 is 0. The van der Waals surface area contributed by atoms with Crippen LogP contribution in [0.5, 0.6) is 0 Å². The number of Topliss-reactive ketones (excluding diaryl/α,β-unsaturated/α-hetero) is 1. The second kappa shape index (κ2) is 11.2. The van der Waals surface area contributed by atoms with E-state index in [1.165, 1.54) is 11.8 Å². The zero-order chi connectivity index (χ0) is 19.7. The fourth-order valence-electron chi connectivity index (χ4n) is 2.20. The van der Waals surface area contributed by atoms with Gasteiger partial charge in [0.1, 0.15) is 0 Å². The van der Waals surface area contributed by atoms with Gasteiger partial charge in [0.15, 0.2) is 11.8 Å². The van der Waals surface area contributed by atoms with E-state index in [-0.39, 0.29) is 18.8 Å². The van der Waals surface area contributed by atoms with E-state index in [0.717, 1.165) is 0 Å². The number of carbonyl (C=O) groups is 4. The lowest BCUT2D eigenvalue weighted by Crippen LogP contribution is -2.61. The monoisotopic (exact) mass is 376 g/mol. The Hall–Kier alpha value is -1.49. The molecule has 0 heterocycles. The van der Waals surface area contributed by atoms with Gasteiger partial charge in [0, 0.05) is 0 Å². The van der Waals surface area contributed by atoms with Crippen LogP contribution in [-0.4, -0.2) is 70.3 Å². The third-order valence-corrected chi connectivity index (χ3v) is 4.11. The number of ketones is 1. The number of carbonyl (C=O) groups excluding carboxylic acids is 3. The summed E-state index contributed by atoms with van der Waals surface area (Å²) >= 11 is 1.44. The molecule has 9 nitrogen and oxygen atoms in total. The number of nitrogens with zero attached hydrogens (tertiary/aromatic N) is 1. The van der Waals surface area contributed by atoms with Crippen LogP contribution >= 0.6 is 11.8 Å². The van der Waals surface area contributed by atoms with Crippen LogP contribution in [0.15, 0.2) is 0 Å². The Morgan fingerprint density at radius 1 is 1.08 bits per heavy atom. The Kier molecular flexibility index (Phi) is 10.5. The van der Waals surface area contributed by atoms with Crippen molar-refractivity contribution in [1.82, 2.24) is 4.90 Å². The predicted octanol–water partition coefficient (Wildman–Crippen LogP) is -1.22. The standard InChI is InChI=1S/C15H28N4O5S/c1-8(2)6-10(18)14(22)19(12(15(23)24)11(20)7-16)13(21)9(17)4-5-25-3/h8-10,12H,4-7,16-18H2,1-3H3,(H,23,24). The van der Waals surface area contributed by atoms with Crippen molar-refractivity contribution in [2.24, 2.45) is 23.1 Å². The highest BCUT2D eigenvalue weighted by atomic mass is 32.2. The number of rotatable bonds is 11. The van der Waals surface area contributed by atoms with Crippen molar-refractivity contribution in [1.29, 1.82) is 0 Å². The fourth-order valence-corrected chi connectivity index (χ4v) is 2.69. The summed E-state index contributed by atoms with van der Waals surface area (Å²) in [6.45, 7) is 3.01. The molecule has 10 heteroatoms. The normalized spacial score (nSPS) is 14.7. The first-order valence-corrected chi connectivity index (χ1v) is 9.30. The van der Waals surface area contributed by atoms with E-state index >= 15 is 0 Å². The van der Waals surface area contributed by atoms with Gasteiger partial charge in [-0.1, -0.05) is 13.8 Å². The zero-order valence-corrected chi connectivity index (χ0v) is 15.6. The van der Waals surface area contributed by atoms with Gasteiger partial charge < -0.3 is 22.3 Å². The zero-order valence-electron chi connectivity index (χ0n) is 14.8. The molecule has 0 saturated carbocycles. The molecule has 3 atom stereocenters. The number of thioether (sulfide) groups is 1. The molecule has 0 saturated heterocycles. The van der Waals surface area contributed by atoms with Crippen LogP contribution in [0.3, 0.4) is 0 Å². The quantitative estimate of drug-likeness (QED) is 0.323. The number of nitrogens with two attached hydrogens (primary N) is 3. The number of imide groups is 1. The number of hydrogen-bond donors (Lipinski definition) is 4. The summed E-state index contributed by atoms with van der Waals surface area (Å²) in [5.74, 6) is -3.92. The minimum Gasteiger partial charge on any atom is -0.479 e. The number of carboxylic acid groups (broad SMARTS) is 1. The van der Waals surface area contributed by atoms with Crippen LogP contribution in [0.1, 0.15) is 26.7 Å². The van der Waals surface area contributed by atoms with Crippen LogP contribution in [0.2, 0.25) is 0 Å². The maximum atomic E-state index is 12.6. The van der Waals surface area contributed by atoms with Gasteiger partial charge in [0.2, 0.25) is 11.8 Å². The molecule has 0 fully saturated rings. The summed E-state index contributed by atoms with van der Waals surface area (Å²) in [5, 5.41) is 9.36. The molecular formula is C15H28N4O5S. The van der Waals surface area contributed by atoms with Gasteiger partial charge in [-0.05, 0) is 30.8 Å². The summed E-state index contributed by atoms with van der Waals surface area (Å²) in [4.78, 5) is 49.1. The lowest BCUT2D eigenvalue weighted by atomic mass is 10.0. The smallest absolute Gasteiger partial charge is 0.334 e. The molecule has 0 aliphatic heterocycles. The molecule has 144 valence electrons. The van der Waals surface area contributed by atoms with Gasteiger partial charge in [0.25, 0.3) is 0 Å². The lowest BCUT2D eigenvalue weighted by Gasteiger charge is -2.30. The molecule has 0 radical (unpaired) electrons. The van der Waals surface area contributed by atoms with Gasteiger partial charge >= 0.3 is 5.97 Å². The number of hydrogen-bond acceptors (Lipinski definition) is 8. The first-order chi connectivity index (χ1) is 11.6. The molecule has 0 aromatic carbocycles. The Morgan fingerprint density at radius 3 is 2.00 bits per heavy atom. The maximum absolute atomic E-state index is 12.6. The molecule has 0 spiro atoms. The molecule has 0 rings (SSSR count). The average molecular weight is 376 g/mol. The van der Waals surface area contributed by atoms with Gasteiger partial charge in [-0.15, -0.1) is 0 Å². The molecular weight excluding hydrogens is 348 g/mol. The molecule has 25 heavy (non-hydrogen) atoms. The fraction of sp³-hybridized carbons (Fsp3) is 0.733. The SMILES string of the molecule is CSCCC(N)C(=O)N(C(=O)C(N)CC(C)C)C(C(=O)O)C(=O)CN. The highest BCUT2D eigenvalue weighted by molar-refractivity contribution is 7.98. The maximum Gasteiger partial charge on any atom is 0.334 e. The second-order valence-corrected chi connectivity index (χ2v) is 7.07. The summed E-state index contributed by atoms with van der Waals surface area (Å²) in [6, 6.07) is -4.26. The van der Waals surface area contributed by atoms with Crippen LogP contribution in [0, 0.1) is 5.92 Å². The van der Waals surface area contributed by atoms with E-state index in [2.05, 4.69) is 0 Å². The summed E-state index contributed by atoms with van der Waals surface area (Å²) in [5.41, 5.74) is 16.8. The van der Waals surface area contributed by atoms with Crippen LogP contribution < -0.4 is 17.2 Å². The molecule has 7 N–H and O–H groups in total. The molecule has 0 aliphatic rings. The third-order valence-electron chi connectivity index (χ3n) is 3.47. The average Bonchev–Trinajstić information content (AvgIpc) is 2.54. The van der Waals surface area contributed by atoms with Gasteiger partial charge in [-0.3, -0.25) is 19.3 Å². The topological polar surface area (TPSA) is 170 Å². The van der Waals surface area contributed by atoms with Crippen LogP contribution in [0.4, 0.5) is 0 Å². The molecule has 0 aliphatic carbocycles. The van der Waals surface area contributed by atoms with Crippen molar-refractivity contribution < 1.29 is 24.3 Å². The Morgan fingerprint density at radius 2 is 1.60 bits per heavy atom. The first-order valence-electron chi connectivity index (χ1n) is 7.91. The van der Waals surface area contributed by atoms with Crippen molar-refractivity contribution in [3.63, 3.8) is 0 Å². The lowest BCUT2D eigenvalue weighted by molar-refractivity contribution is -0.162. The number of aliphatic carboxylic acids is 1. The minimum absolute atomic E-state index is 0.0366. The third kappa shape index (κ3) is 7.10. The van der Waals surface area contributed by atoms with Gasteiger partial charge in [0.05, 0.1) is 18.6 Å². The highest BCUT2D eigenvalue weighted by Crippen LogP contribution is 2.13. The number of amides is 2. The van der Waals surface area contributed by atoms with Crippen molar-refractivity contribution in [3.05, 3.63) is 0 Å². The van der Waals surface area contributed by atoms with E-state index in [0.29, 0.717) is 10.7 Å². The molecule has 0 aromatic rings. The molecule has 0 bridgehead atoms. The van der Waals surface area contributed by atoms with Crippen molar-refractivity contribution >= 4 is 35.3 Å². The Labute approximate surface area is 151 Å². The highest BCUT2D eigenvalue weighted by Gasteiger charge is 2.42. The van der Waals surface area contributed by atoms with E-state index in [1.807, 2.05) is 20.1 Å². The van der Waals surface area contributed by atoms with Crippen LogP contribution in [-0.2, 0) is 19.2 Å². The first kappa shape index (κ1) is 23.5. The second-order valence-electron chi connectivity index (χ2n) is 6.08. The molecule has 3 unspecified atom stereocenters. The van der Waals surface area contributed by atoms with Crippen molar-refractivity contribution in [2.75, 3.05) is 18.6 Å². The van der Waals surface area contributed by atoms with E-state index in [1.54, 1.807) is 0 Å². The Balaban J connectivity index is 5.77. The van der Waals surface area contributed by atoms with E-state index in [4.69, 9.17) is 17.2 Å². The number of carboxylic acids is 1. The summed E-state index contributed by atoms with van der Waals surface area (Å²) in [7, 11) is 0. The van der Waals surface area contributed by atoms with Crippen molar-refractivity contribution in [3.8, 4) is 0 Å².